The van der Waals surface area contributed by atoms with Crippen LogP contribution in [0.4, 0.5) is 4.39 Å². The topological polar surface area (TPSA) is 47.4 Å². The third-order valence-electron chi connectivity index (χ3n) is 4.42. The Bertz CT molecular complexity index is 922. The number of hydrogen-bond acceptors (Lipinski definition) is 3. The fourth-order valence-electron chi connectivity index (χ4n) is 3.03. The van der Waals surface area contributed by atoms with Gasteiger partial charge in [-0.05, 0) is 42.8 Å². The predicted octanol–water partition coefficient (Wildman–Crippen LogP) is 3.39. The molecule has 0 aliphatic heterocycles. The van der Waals surface area contributed by atoms with Gasteiger partial charge in [-0.3, -0.25) is 4.79 Å². The van der Waals surface area contributed by atoms with Gasteiger partial charge in [-0.1, -0.05) is 12.1 Å². The number of nitrogens with zero attached hydrogens (tertiary/aromatic N) is 3. The van der Waals surface area contributed by atoms with Crippen molar-refractivity contribution in [2.24, 2.45) is 7.05 Å². The summed E-state index contributed by atoms with van der Waals surface area (Å²) < 4.78 is 20.7. The highest BCUT2D eigenvalue weighted by Gasteiger charge is 2.22. The zero-order valence-electron chi connectivity index (χ0n) is 15.1. The van der Waals surface area contributed by atoms with Gasteiger partial charge in [0.25, 0.3) is 5.91 Å². The maximum atomic E-state index is 13.5. The van der Waals surface area contributed by atoms with E-state index < -0.39 is 0 Å². The molecule has 0 spiro atoms. The molecule has 0 aliphatic carbocycles. The molecule has 3 rings (SSSR count). The lowest BCUT2D eigenvalue weighted by molar-refractivity contribution is 0.0542. The van der Waals surface area contributed by atoms with Gasteiger partial charge in [0, 0.05) is 26.3 Å². The fraction of sp³-hybridized carbons (Fsp3) is 0.300. The average Bonchev–Trinajstić information content (AvgIpc) is 3.00. The number of carbonyl (C=O) groups excluding carboxylic acids is 1. The molecule has 0 N–H and O–H groups in total. The molecular weight excluding hydrogens is 333 g/mol. The number of benzene rings is 2. The summed E-state index contributed by atoms with van der Waals surface area (Å²) in [7, 11) is 3.51. The van der Waals surface area contributed by atoms with Gasteiger partial charge in [0.1, 0.15) is 5.82 Å². The number of amides is 1. The molecule has 0 fully saturated rings. The first-order valence-corrected chi connectivity index (χ1v) is 8.45. The number of ether oxygens (including phenoxy) is 1. The van der Waals surface area contributed by atoms with E-state index in [0.29, 0.717) is 18.7 Å². The van der Waals surface area contributed by atoms with Crippen molar-refractivity contribution in [1.29, 1.82) is 0 Å². The molecule has 0 bridgehead atoms. The highest BCUT2D eigenvalue weighted by Crippen LogP contribution is 2.19. The zero-order valence-corrected chi connectivity index (χ0v) is 15.1. The first-order chi connectivity index (χ1) is 12.5. The summed E-state index contributed by atoms with van der Waals surface area (Å²) in [5.74, 6) is -0.449. The molecule has 1 aromatic heterocycles. The van der Waals surface area contributed by atoms with Crippen molar-refractivity contribution in [2.45, 2.75) is 19.5 Å². The lowest BCUT2D eigenvalue weighted by Gasteiger charge is -2.29. The molecule has 0 radical (unpaired) electrons. The number of aryl methyl sites for hydroxylation is 1. The summed E-state index contributed by atoms with van der Waals surface area (Å²) >= 11 is 0. The minimum absolute atomic E-state index is 0.133. The number of halogens is 1. The van der Waals surface area contributed by atoms with Crippen LogP contribution in [0.5, 0.6) is 0 Å². The Kier molecular flexibility index (Phi) is 5.32. The Hall–Kier alpha value is -2.73. The number of aromatic nitrogens is 2. The summed E-state index contributed by atoms with van der Waals surface area (Å²) in [6.45, 7) is 2.62. The van der Waals surface area contributed by atoms with Crippen LogP contribution in [0.3, 0.4) is 0 Å². The molecule has 1 atom stereocenters. The molecule has 6 heteroatoms. The van der Waals surface area contributed by atoms with E-state index in [4.69, 9.17) is 4.74 Å². The molecule has 2 aromatic carbocycles. The van der Waals surface area contributed by atoms with Gasteiger partial charge in [0.05, 0.1) is 30.0 Å². The van der Waals surface area contributed by atoms with Crippen LogP contribution in [0.1, 0.15) is 22.8 Å². The van der Waals surface area contributed by atoms with Gasteiger partial charge in [0.2, 0.25) is 0 Å². The van der Waals surface area contributed by atoms with Crippen LogP contribution < -0.4 is 0 Å². The summed E-state index contributed by atoms with van der Waals surface area (Å²) in [5, 5.41) is 0. The van der Waals surface area contributed by atoms with Crippen molar-refractivity contribution in [3.8, 4) is 0 Å². The van der Waals surface area contributed by atoms with E-state index in [2.05, 4.69) is 4.98 Å². The van der Waals surface area contributed by atoms with E-state index in [0.717, 1.165) is 16.6 Å². The Balaban J connectivity index is 1.92. The maximum Gasteiger partial charge on any atom is 0.254 e. The Morgan fingerprint density at radius 3 is 2.85 bits per heavy atom. The third kappa shape index (κ3) is 3.75. The molecule has 0 saturated heterocycles. The van der Waals surface area contributed by atoms with Crippen molar-refractivity contribution >= 4 is 16.9 Å². The first kappa shape index (κ1) is 18.1. The van der Waals surface area contributed by atoms with Crippen LogP contribution in [0.25, 0.3) is 11.0 Å². The minimum Gasteiger partial charge on any atom is -0.383 e. The van der Waals surface area contributed by atoms with E-state index in [-0.39, 0.29) is 17.8 Å². The van der Waals surface area contributed by atoms with E-state index in [9.17, 15) is 9.18 Å². The Labute approximate surface area is 152 Å². The number of fused-ring (bicyclic) bond motifs is 1. The highest BCUT2D eigenvalue weighted by atomic mass is 19.1. The second-order valence-corrected chi connectivity index (χ2v) is 6.43. The second kappa shape index (κ2) is 7.66. The third-order valence-corrected chi connectivity index (χ3v) is 4.42. The first-order valence-electron chi connectivity index (χ1n) is 8.45. The largest absolute Gasteiger partial charge is 0.383 e. The number of methoxy groups -OCH3 is 1. The number of rotatable bonds is 6. The Morgan fingerprint density at radius 1 is 1.31 bits per heavy atom. The lowest BCUT2D eigenvalue weighted by Crippen LogP contribution is -2.40. The molecule has 0 aliphatic rings. The quantitative estimate of drug-likeness (QED) is 0.681. The van der Waals surface area contributed by atoms with Crippen LogP contribution in [0.15, 0.2) is 48.8 Å². The van der Waals surface area contributed by atoms with Crippen LogP contribution >= 0.6 is 0 Å². The van der Waals surface area contributed by atoms with Crippen molar-refractivity contribution < 1.29 is 13.9 Å². The molecular formula is C20H22FN3O2. The van der Waals surface area contributed by atoms with Gasteiger partial charge in [-0.2, -0.15) is 0 Å². The molecule has 1 unspecified atom stereocenters. The molecule has 1 amide bonds. The Morgan fingerprint density at radius 2 is 2.12 bits per heavy atom. The normalized spacial score (nSPS) is 12.3. The minimum atomic E-state index is -0.316. The van der Waals surface area contributed by atoms with Crippen LogP contribution in [-0.2, 0) is 18.3 Å². The molecule has 1 heterocycles. The molecule has 136 valence electrons. The van der Waals surface area contributed by atoms with Crippen LogP contribution in [-0.4, -0.2) is 40.1 Å². The molecule has 0 saturated carbocycles. The van der Waals surface area contributed by atoms with Crippen molar-refractivity contribution in [1.82, 2.24) is 14.5 Å². The number of carbonyl (C=O) groups is 1. The van der Waals surface area contributed by atoms with Gasteiger partial charge in [0.15, 0.2) is 0 Å². The van der Waals surface area contributed by atoms with Crippen LogP contribution in [0.2, 0.25) is 0 Å². The highest BCUT2D eigenvalue weighted by molar-refractivity contribution is 5.97. The smallest absolute Gasteiger partial charge is 0.254 e. The summed E-state index contributed by atoms with van der Waals surface area (Å²) in [6.07, 6.45) is 1.72. The lowest BCUT2D eigenvalue weighted by atomic mass is 10.1. The van der Waals surface area contributed by atoms with Gasteiger partial charge in [-0.15, -0.1) is 0 Å². The summed E-state index contributed by atoms with van der Waals surface area (Å²) in [6, 6.07) is 11.6. The number of hydrogen-bond donors (Lipinski definition) is 0. The standard InChI is InChI=1S/C20H22FN3O2/c1-14(12-26-3)24(11-15-5-4-6-17(21)9-15)20(25)16-7-8-19-18(10-16)22-13-23(19)2/h4-10,13-14H,11-12H2,1-3H3. The van der Waals surface area contributed by atoms with Crippen LogP contribution in [0, 0.1) is 5.82 Å². The molecule has 26 heavy (non-hydrogen) atoms. The van der Waals surface area contributed by atoms with E-state index in [1.165, 1.54) is 12.1 Å². The van der Waals surface area contributed by atoms with Gasteiger partial charge in [-0.25, -0.2) is 9.37 Å². The van der Waals surface area contributed by atoms with E-state index >= 15 is 0 Å². The van der Waals surface area contributed by atoms with Crippen molar-refractivity contribution in [3.05, 3.63) is 65.7 Å². The molecule has 5 nitrogen and oxygen atoms in total. The van der Waals surface area contributed by atoms with Crippen molar-refractivity contribution in [3.63, 3.8) is 0 Å². The van der Waals surface area contributed by atoms with Gasteiger partial charge < -0.3 is 14.2 Å². The monoisotopic (exact) mass is 355 g/mol. The predicted molar refractivity (Wildman–Crippen MR) is 98.3 cm³/mol. The maximum absolute atomic E-state index is 13.5. The summed E-state index contributed by atoms with van der Waals surface area (Å²) in [5.41, 5.74) is 3.02. The van der Waals surface area contributed by atoms with E-state index in [1.807, 2.05) is 30.7 Å². The number of imidazole rings is 1. The SMILES string of the molecule is COCC(C)N(Cc1cccc(F)c1)C(=O)c1ccc2c(c1)ncn2C. The average molecular weight is 355 g/mol. The van der Waals surface area contributed by atoms with Crippen molar-refractivity contribution in [2.75, 3.05) is 13.7 Å². The summed E-state index contributed by atoms with van der Waals surface area (Å²) in [4.78, 5) is 19.2. The van der Waals surface area contributed by atoms with Gasteiger partial charge >= 0.3 is 0 Å². The second-order valence-electron chi connectivity index (χ2n) is 6.43. The fourth-order valence-corrected chi connectivity index (χ4v) is 3.03. The molecule has 3 aromatic rings. The zero-order chi connectivity index (χ0) is 18.7. The van der Waals surface area contributed by atoms with E-state index in [1.54, 1.807) is 36.5 Å².